The number of aliphatic hydroxyl groups is 1. The van der Waals surface area contributed by atoms with E-state index in [1.807, 2.05) is 20.8 Å². The number of aromatic nitrogens is 2. The van der Waals surface area contributed by atoms with Gasteiger partial charge in [0.25, 0.3) is 11.8 Å². The van der Waals surface area contributed by atoms with Crippen LogP contribution in [0.1, 0.15) is 56.1 Å². The lowest BCUT2D eigenvalue weighted by atomic mass is 9.99. The fourth-order valence-corrected chi connectivity index (χ4v) is 5.20. The molecule has 0 radical (unpaired) electrons. The summed E-state index contributed by atoms with van der Waals surface area (Å²) in [5.41, 5.74) is 6.54. The third-order valence-corrected chi connectivity index (χ3v) is 7.31. The smallest absolute Gasteiger partial charge is 0.272 e. The van der Waals surface area contributed by atoms with Crippen molar-refractivity contribution < 1.29 is 29.1 Å². The summed E-state index contributed by atoms with van der Waals surface area (Å²) in [6.07, 6.45) is -0.00358. The number of aliphatic hydroxyl groups excluding tert-OH is 1. The van der Waals surface area contributed by atoms with Crippen molar-refractivity contribution in [3.8, 4) is 0 Å². The fourth-order valence-electron chi connectivity index (χ4n) is 5.20. The topological polar surface area (TPSA) is 197 Å². The number of para-hydroxylation sites is 2. The zero-order chi connectivity index (χ0) is 32.7. The number of nitrogens with zero attached hydrogens (tertiary/aromatic N) is 3. The number of benzene rings is 2. The lowest BCUT2D eigenvalue weighted by Crippen LogP contribution is -2.59. The third kappa shape index (κ3) is 8.82. The second-order valence-corrected chi connectivity index (χ2v) is 12.1. The molecule has 2 aromatic carbocycles. The molecule has 13 heteroatoms. The predicted octanol–water partition coefficient (Wildman–Crippen LogP) is 0.598. The van der Waals surface area contributed by atoms with Crippen molar-refractivity contribution in [2.24, 2.45) is 5.73 Å². The largest absolute Gasteiger partial charge is 0.381 e. The molecule has 0 aliphatic carbocycles. The van der Waals surface area contributed by atoms with Gasteiger partial charge in [-0.2, -0.15) is 0 Å². The molecule has 1 fully saturated rings. The Morgan fingerprint density at radius 2 is 1.67 bits per heavy atom. The molecule has 0 unspecified atom stereocenters. The first-order valence-corrected chi connectivity index (χ1v) is 14.8. The van der Waals surface area contributed by atoms with Crippen LogP contribution in [-0.2, 0) is 25.6 Å². The Morgan fingerprint density at radius 1 is 1.00 bits per heavy atom. The van der Waals surface area contributed by atoms with E-state index in [1.165, 1.54) is 11.1 Å². The van der Waals surface area contributed by atoms with Gasteiger partial charge in [-0.3, -0.25) is 29.0 Å². The van der Waals surface area contributed by atoms with Crippen molar-refractivity contribution in [1.82, 2.24) is 30.8 Å². The van der Waals surface area contributed by atoms with E-state index in [-0.39, 0.29) is 24.6 Å². The summed E-state index contributed by atoms with van der Waals surface area (Å²) in [5.74, 6) is -3.52. The third-order valence-electron chi connectivity index (χ3n) is 7.31. The fraction of sp³-hybridized carbons (Fsp3) is 0.406. The number of nitrogens with two attached hydrogens (primary N) is 1. The van der Waals surface area contributed by atoms with Crippen LogP contribution in [0.3, 0.4) is 0 Å². The van der Waals surface area contributed by atoms with E-state index >= 15 is 0 Å². The van der Waals surface area contributed by atoms with Gasteiger partial charge in [0.05, 0.1) is 29.7 Å². The number of nitrogens with one attached hydrogen (secondary N) is 3. The number of likely N-dealkylation sites (tertiary alicyclic amines) is 1. The normalized spacial score (nSPS) is 16.8. The van der Waals surface area contributed by atoms with E-state index in [9.17, 15) is 29.1 Å². The van der Waals surface area contributed by atoms with E-state index in [0.29, 0.717) is 29.4 Å². The highest BCUT2D eigenvalue weighted by molar-refractivity contribution is 5.98. The molecule has 4 rings (SSSR count). The Bertz CT molecular complexity index is 1560. The molecular formula is C32H39N7O6. The van der Waals surface area contributed by atoms with Crippen LogP contribution < -0.4 is 21.7 Å². The Hall–Kier alpha value is -4.91. The maximum Gasteiger partial charge on any atom is 0.272 e. The molecular weight excluding hydrogens is 578 g/mol. The van der Waals surface area contributed by atoms with Crippen LogP contribution in [0.2, 0.25) is 0 Å². The number of carbonyl (C=O) groups is 5. The number of primary amides is 1. The standard InChI is InChI=1S/C32H39N7O6/c1-32(2,3)38-30(44)25-14-9-15-39(25)31(45)27(41)22(16-19-10-5-4-6-11-19)36-28(42)23(17-26(33)40)37-29(43)24-18-34-20-12-7-8-13-21(20)35-24/h4-8,10-13,18,22-23,25,27,41H,9,14-17H2,1-3H3,(H2,33,40)(H,36,42)(H,37,43)(H,38,44)/t22-,23-,25-,27-/m0/s1. The van der Waals surface area contributed by atoms with Crippen LogP contribution >= 0.6 is 0 Å². The summed E-state index contributed by atoms with van der Waals surface area (Å²) >= 11 is 0. The van der Waals surface area contributed by atoms with Crippen molar-refractivity contribution >= 4 is 40.6 Å². The van der Waals surface area contributed by atoms with Crippen LogP contribution in [0.25, 0.3) is 11.0 Å². The van der Waals surface area contributed by atoms with Gasteiger partial charge in [0.15, 0.2) is 6.10 Å². The summed E-state index contributed by atoms with van der Waals surface area (Å²) < 4.78 is 0. The van der Waals surface area contributed by atoms with Gasteiger partial charge in [-0.25, -0.2) is 4.98 Å². The van der Waals surface area contributed by atoms with Crippen LogP contribution in [0, 0.1) is 0 Å². The van der Waals surface area contributed by atoms with E-state index < -0.39 is 59.8 Å². The predicted molar refractivity (Wildman–Crippen MR) is 165 cm³/mol. The molecule has 3 aromatic rings. The van der Waals surface area contributed by atoms with Crippen molar-refractivity contribution in [1.29, 1.82) is 0 Å². The van der Waals surface area contributed by atoms with E-state index in [2.05, 4.69) is 25.9 Å². The van der Waals surface area contributed by atoms with Crippen molar-refractivity contribution in [2.75, 3.05) is 6.54 Å². The summed E-state index contributed by atoms with van der Waals surface area (Å²) in [4.78, 5) is 75.0. The first-order chi connectivity index (χ1) is 21.3. The Kier molecular flexibility index (Phi) is 10.4. The van der Waals surface area contributed by atoms with Gasteiger partial charge in [0.1, 0.15) is 17.8 Å². The number of fused-ring (bicyclic) bond motifs is 1. The molecule has 1 saturated heterocycles. The van der Waals surface area contributed by atoms with Crippen molar-refractivity contribution in [3.05, 3.63) is 72.1 Å². The second-order valence-electron chi connectivity index (χ2n) is 12.1. The number of hydrogen-bond donors (Lipinski definition) is 5. The quantitative estimate of drug-likeness (QED) is 0.206. The molecule has 6 N–H and O–H groups in total. The summed E-state index contributed by atoms with van der Waals surface area (Å²) in [5, 5.41) is 19.4. The van der Waals surface area contributed by atoms with Crippen LogP contribution in [0.5, 0.6) is 0 Å². The summed E-state index contributed by atoms with van der Waals surface area (Å²) in [6.45, 7) is 5.76. The minimum absolute atomic E-state index is 0.0412. The number of rotatable bonds is 11. The minimum atomic E-state index is -1.74. The average Bonchev–Trinajstić information content (AvgIpc) is 3.49. The average molecular weight is 618 g/mol. The Balaban J connectivity index is 1.55. The Labute approximate surface area is 261 Å². The van der Waals surface area contributed by atoms with Gasteiger partial charge < -0.3 is 31.7 Å². The molecule has 5 amide bonds. The van der Waals surface area contributed by atoms with Gasteiger partial charge in [0.2, 0.25) is 17.7 Å². The Morgan fingerprint density at radius 3 is 2.33 bits per heavy atom. The number of amides is 5. The molecule has 13 nitrogen and oxygen atoms in total. The molecule has 238 valence electrons. The van der Waals surface area contributed by atoms with Crippen LogP contribution in [-0.4, -0.2) is 85.8 Å². The SMILES string of the molecule is CC(C)(C)NC(=O)[C@@H]1CCCN1C(=O)[C@@H](O)[C@H](Cc1ccccc1)NC(=O)[C@H](CC(N)=O)NC(=O)c1cnc2ccccc2n1. The van der Waals surface area contributed by atoms with Gasteiger partial charge >= 0.3 is 0 Å². The zero-order valence-corrected chi connectivity index (χ0v) is 25.5. The lowest BCUT2D eigenvalue weighted by Gasteiger charge is -2.32. The molecule has 1 aliphatic heterocycles. The summed E-state index contributed by atoms with van der Waals surface area (Å²) in [7, 11) is 0. The van der Waals surface area contributed by atoms with E-state index in [0.717, 1.165) is 0 Å². The molecule has 0 saturated carbocycles. The molecule has 1 aliphatic rings. The molecule has 2 heterocycles. The highest BCUT2D eigenvalue weighted by Crippen LogP contribution is 2.21. The maximum atomic E-state index is 13.6. The molecule has 1 aromatic heterocycles. The van der Waals surface area contributed by atoms with Crippen molar-refractivity contribution in [2.45, 2.75) is 76.2 Å². The van der Waals surface area contributed by atoms with Crippen molar-refractivity contribution in [3.63, 3.8) is 0 Å². The van der Waals surface area contributed by atoms with Gasteiger partial charge in [-0.1, -0.05) is 42.5 Å². The highest BCUT2D eigenvalue weighted by atomic mass is 16.3. The van der Waals surface area contributed by atoms with Crippen LogP contribution in [0.4, 0.5) is 0 Å². The van der Waals surface area contributed by atoms with Gasteiger partial charge in [0, 0.05) is 12.1 Å². The monoisotopic (exact) mass is 617 g/mol. The first kappa shape index (κ1) is 33.0. The molecule has 0 spiro atoms. The van der Waals surface area contributed by atoms with E-state index in [4.69, 9.17) is 5.73 Å². The molecule has 4 atom stereocenters. The number of carbonyl (C=O) groups excluding carboxylic acids is 5. The second kappa shape index (κ2) is 14.2. The van der Waals surface area contributed by atoms with Gasteiger partial charge in [-0.15, -0.1) is 0 Å². The summed E-state index contributed by atoms with van der Waals surface area (Å²) in [6, 6.07) is 12.4. The maximum absolute atomic E-state index is 13.6. The molecule has 0 bridgehead atoms. The van der Waals surface area contributed by atoms with E-state index in [1.54, 1.807) is 54.6 Å². The van der Waals surface area contributed by atoms with Gasteiger partial charge in [-0.05, 0) is 57.7 Å². The van der Waals surface area contributed by atoms with Crippen LogP contribution in [0.15, 0.2) is 60.8 Å². The zero-order valence-electron chi connectivity index (χ0n) is 25.5. The molecule has 45 heavy (non-hydrogen) atoms. The minimum Gasteiger partial charge on any atom is -0.381 e. The lowest BCUT2D eigenvalue weighted by molar-refractivity contribution is -0.147. The number of hydrogen-bond acceptors (Lipinski definition) is 8. The first-order valence-electron chi connectivity index (χ1n) is 14.8. The highest BCUT2D eigenvalue weighted by Gasteiger charge is 2.41.